The summed E-state index contributed by atoms with van der Waals surface area (Å²) >= 11 is 2.83. The Kier molecular flexibility index (Phi) is 13.5. The highest BCUT2D eigenvalue weighted by atomic mass is 32.2. The van der Waals surface area contributed by atoms with Crippen molar-refractivity contribution in [2.75, 3.05) is 0 Å². The largest absolute Gasteiger partial charge is 0.425 e. The van der Waals surface area contributed by atoms with Gasteiger partial charge in [0.1, 0.15) is 0 Å². The van der Waals surface area contributed by atoms with Crippen molar-refractivity contribution in [3.8, 4) is 0 Å². The molecule has 0 amide bonds. The molecule has 0 aromatic rings. The summed E-state index contributed by atoms with van der Waals surface area (Å²) in [5, 5.41) is 0. The zero-order valence-corrected chi connectivity index (χ0v) is 4.08. The Balaban J connectivity index is 0. The van der Waals surface area contributed by atoms with Gasteiger partial charge in [0.2, 0.25) is 0 Å². The minimum Gasteiger partial charge on any atom is -0.197 e. The molecule has 0 N–H and O–H groups in total. The van der Waals surface area contributed by atoms with Gasteiger partial charge in [0.05, 0.1) is 0 Å². The predicted octanol–water partition coefficient (Wildman–Crippen LogP) is -1.34. The molecular weight excluding hydrogens is 128 g/mol. The van der Waals surface area contributed by atoms with E-state index in [4.69, 9.17) is 16.8 Å². The van der Waals surface area contributed by atoms with E-state index in [9.17, 15) is 0 Å². The lowest BCUT2D eigenvalue weighted by atomic mass is 15.9. The molecule has 0 saturated carbocycles. The van der Waals surface area contributed by atoms with Crippen LogP contribution >= 0.6 is 0 Å². The fourth-order valence-corrected chi connectivity index (χ4v) is 0. The van der Waals surface area contributed by atoms with Crippen LogP contribution in [0.3, 0.4) is 0 Å². The fourth-order valence-electron chi connectivity index (χ4n) is 0. The van der Waals surface area contributed by atoms with Crippen molar-refractivity contribution in [3.63, 3.8) is 0 Å². The zero-order valence-electron chi connectivity index (χ0n) is 2.45. The molecule has 0 aliphatic heterocycles. The zero-order chi connectivity index (χ0) is 5.58. The van der Waals surface area contributed by atoms with E-state index in [1.165, 1.54) is 0 Å². The van der Waals surface area contributed by atoms with Crippen LogP contribution in [0, 0.1) is 0 Å². The van der Waals surface area contributed by atoms with E-state index in [-0.39, 0.29) is 0 Å². The van der Waals surface area contributed by atoms with Crippen LogP contribution < -0.4 is 0 Å². The lowest BCUT2D eigenvalue weighted by Gasteiger charge is -1.11. The number of hydrogen-bond donors (Lipinski definition) is 0. The smallest absolute Gasteiger partial charge is 0.197 e. The first-order valence-electron chi connectivity index (χ1n) is 0.667. The van der Waals surface area contributed by atoms with Crippen LogP contribution in [0.5, 0.6) is 0 Å². The van der Waals surface area contributed by atoms with E-state index in [1.54, 1.807) is 0 Å². The second-order valence-electron chi connectivity index (χ2n) is 0.204. The third-order valence-corrected chi connectivity index (χ3v) is 0. The molecule has 36 valence electrons. The van der Waals surface area contributed by atoms with Crippen LogP contribution in [-0.4, -0.2) is 16.8 Å². The molecule has 0 bridgehead atoms. The van der Waals surface area contributed by atoms with Gasteiger partial charge >= 0.3 is 10.6 Å². The lowest BCUT2D eigenvalue weighted by Crippen LogP contribution is -1.40. The maximum absolute atomic E-state index is 8.44. The van der Waals surface area contributed by atoms with Crippen molar-refractivity contribution in [2.45, 2.75) is 0 Å². The van der Waals surface area contributed by atoms with Gasteiger partial charge in [-0.3, -0.25) is 0 Å². The molecule has 0 unspecified atom stereocenters. The highest BCUT2D eigenvalue weighted by molar-refractivity contribution is 7.59. The first-order chi connectivity index (χ1) is 2.73. The Morgan fingerprint density at radius 1 is 1.00 bits per heavy atom. The average molecular weight is 128 g/mol. The Morgan fingerprint density at radius 3 is 1.00 bits per heavy atom. The molecule has 0 aromatic heterocycles. The lowest BCUT2D eigenvalue weighted by molar-refractivity contribution is 0.559. The summed E-state index contributed by atoms with van der Waals surface area (Å²) in [6.45, 7) is 0. The average Bonchev–Trinajstić information content (AvgIpc) is 1.41. The van der Waals surface area contributed by atoms with Gasteiger partial charge in [-0.2, -0.15) is 4.21 Å². The second-order valence-corrected chi connectivity index (χ2v) is 0.612. The number of hydrogen-bond acceptors (Lipinski definition) is 5. The summed E-state index contributed by atoms with van der Waals surface area (Å²) in [5.41, 5.74) is 0. The second kappa shape index (κ2) is 8.82. The Morgan fingerprint density at radius 2 is 1.00 bits per heavy atom. The van der Waals surface area contributed by atoms with E-state index < -0.39 is 10.6 Å². The third kappa shape index (κ3) is 196. The van der Waals surface area contributed by atoms with Crippen molar-refractivity contribution < 1.29 is 16.8 Å². The van der Waals surface area contributed by atoms with Crippen LogP contribution in [0.4, 0.5) is 0 Å². The molecule has 0 spiro atoms. The molecule has 0 saturated heterocycles. The quantitative estimate of drug-likeness (QED) is 0.404. The number of rotatable bonds is 0. The van der Waals surface area contributed by atoms with Crippen molar-refractivity contribution >= 4 is 23.1 Å². The highest BCUT2D eigenvalue weighted by Crippen LogP contribution is 1.07. The summed E-state index contributed by atoms with van der Waals surface area (Å²) in [6.07, 6.45) is 0. The van der Waals surface area contributed by atoms with Crippen molar-refractivity contribution in [2.24, 2.45) is 0 Å². The van der Waals surface area contributed by atoms with Crippen LogP contribution in [0.2, 0.25) is 0 Å². The maximum atomic E-state index is 8.44. The molecule has 0 aromatic carbocycles. The van der Waals surface area contributed by atoms with Gasteiger partial charge in [0.15, 0.2) is 12.5 Å². The summed E-state index contributed by atoms with van der Waals surface area (Å²) in [6, 6.07) is 0. The van der Waals surface area contributed by atoms with Crippen LogP contribution in [0.15, 0.2) is 0 Å². The van der Waals surface area contributed by atoms with Gasteiger partial charge in [-0.25, -0.2) is 0 Å². The van der Waals surface area contributed by atoms with Gasteiger partial charge in [-0.15, -0.1) is 12.6 Å². The fraction of sp³-hybridized carbons (Fsp3) is 0. The van der Waals surface area contributed by atoms with E-state index in [2.05, 4.69) is 12.5 Å². The van der Waals surface area contributed by atoms with Gasteiger partial charge < -0.3 is 0 Å². The standard InChI is InChI=1S/O3S.OS/c1-4(2)3;1-2. The summed E-state index contributed by atoms with van der Waals surface area (Å²) in [7, 11) is -3.11. The van der Waals surface area contributed by atoms with E-state index >= 15 is 0 Å². The van der Waals surface area contributed by atoms with Gasteiger partial charge in [0.25, 0.3) is 0 Å². The SMILES string of the molecule is O=S.O=S(=O)=O. The Bertz CT molecular complexity index is 85.7. The Hall–Kier alpha value is -0.360. The topological polar surface area (TPSA) is 68.3 Å². The molecular formula is O4S2. The van der Waals surface area contributed by atoms with Crippen LogP contribution in [-0.2, 0) is 23.1 Å². The molecule has 6 heteroatoms. The molecule has 0 radical (unpaired) electrons. The van der Waals surface area contributed by atoms with Gasteiger partial charge in [0, 0.05) is 0 Å². The molecule has 4 nitrogen and oxygen atoms in total. The van der Waals surface area contributed by atoms with Crippen molar-refractivity contribution in [3.05, 3.63) is 0 Å². The molecule has 0 rings (SSSR count). The molecule has 6 heavy (non-hydrogen) atoms. The Labute approximate surface area is 40.8 Å². The van der Waals surface area contributed by atoms with Gasteiger partial charge in [-0.1, -0.05) is 0 Å². The maximum Gasteiger partial charge on any atom is 0.425 e. The predicted molar refractivity (Wildman–Crippen MR) is 17.8 cm³/mol. The van der Waals surface area contributed by atoms with Crippen LogP contribution in [0.1, 0.15) is 0 Å². The highest BCUT2D eigenvalue weighted by Gasteiger charge is 1.40. The monoisotopic (exact) mass is 128 g/mol. The summed E-state index contributed by atoms with van der Waals surface area (Å²) < 4.78 is 33.2. The first kappa shape index (κ1) is 9.16. The van der Waals surface area contributed by atoms with Crippen LogP contribution in [0.25, 0.3) is 0 Å². The van der Waals surface area contributed by atoms with E-state index in [1.807, 2.05) is 0 Å². The molecule has 0 heterocycles. The summed E-state index contributed by atoms with van der Waals surface area (Å²) in [4.78, 5) is 0. The first-order valence-corrected chi connectivity index (χ1v) is 2.00. The minimum absolute atomic E-state index is 2.83. The van der Waals surface area contributed by atoms with Crippen molar-refractivity contribution in [1.82, 2.24) is 0 Å². The van der Waals surface area contributed by atoms with Gasteiger partial charge in [-0.05, 0) is 0 Å². The van der Waals surface area contributed by atoms with E-state index in [0.717, 1.165) is 0 Å². The normalized spacial score (nSPS) is 4.67. The summed E-state index contributed by atoms with van der Waals surface area (Å²) in [5.74, 6) is 0. The minimum atomic E-state index is -3.11. The molecule has 0 aliphatic rings. The van der Waals surface area contributed by atoms with Crippen molar-refractivity contribution in [1.29, 1.82) is 0 Å². The third-order valence-electron chi connectivity index (χ3n) is 0. The molecule has 0 fully saturated rings. The molecule has 0 aliphatic carbocycles. The molecule has 0 atom stereocenters. The van der Waals surface area contributed by atoms with E-state index in [0.29, 0.717) is 0 Å².